The number of rotatable bonds is 4. The molecule has 0 saturated carbocycles. The fraction of sp³-hybridized carbons (Fsp3) is 0.300. The Bertz CT molecular complexity index is 805. The molecule has 136 valence electrons. The molecule has 0 atom stereocenters. The van der Waals surface area contributed by atoms with Crippen molar-refractivity contribution in [2.45, 2.75) is 12.8 Å². The number of nitrogens with zero attached hydrogens (tertiary/aromatic N) is 1. The van der Waals surface area contributed by atoms with E-state index in [0.29, 0.717) is 25.9 Å². The number of hydrogen-bond acceptors (Lipinski definition) is 4. The molecule has 0 bridgehead atoms. The third kappa shape index (κ3) is 4.62. The number of ether oxygens (including phenoxy) is 1. The van der Waals surface area contributed by atoms with E-state index < -0.39 is 0 Å². The first kappa shape index (κ1) is 18.9. The van der Waals surface area contributed by atoms with Crippen LogP contribution < -0.4 is 0 Å². The number of amides is 1. The number of methoxy groups -OCH3 is 1. The molecule has 26 heavy (non-hydrogen) atoms. The topological polar surface area (TPSA) is 46.6 Å². The largest absolute Gasteiger partial charge is 0.469 e. The summed E-state index contributed by atoms with van der Waals surface area (Å²) in [5, 5.41) is 0. The van der Waals surface area contributed by atoms with Gasteiger partial charge in [0.25, 0.3) is 0 Å². The van der Waals surface area contributed by atoms with Gasteiger partial charge >= 0.3 is 5.97 Å². The zero-order valence-corrected chi connectivity index (χ0v) is 16.9. The molecule has 1 saturated heterocycles. The van der Waals surface area contributed by atoms with Crippen LogP contribution in [0.1, 0.15) is 17.7 Å². The van der Waals surface area contributed by atoms with Crippen LogP contribution in [0, 0.1) is 5.92 Å². The number of esters is 1. The lowest BCUT2D eigenvalue weighted by atomic mass is 9.97. The second-order valence-electron chi connectivity index (χ2n) is 6.16. The molecule has 1 aromatic heterocycles. The first-order chi connectivity index (χ1) is 12.6. The molecule has 0 N–H and O–H groups in total. The molecule has 0 unspecified atom stereocenters. The SMILES string of the molecule is COC(=O)C1CCN(C(=O)/C=C/c2ccc(-c3ccc(Br)cc3)s2)CC1. The first-order valence-electron chi connectivity index (χ1n) is 8.47. The summed E-state index contributed by atoms with van der Waals surface area (Å²) < 4.78 is 5.83. The molecule has 2 heterocycles. The fourth-order valence-electron chi connectivity index (χ4n) is 2.97. The van der Waals surface area contributed by atoms with Crippen LogP contribution in [-0.4, -0.2) is 37.0 Å². The lowest BCUT2D eigenvalue weighted by Gasteiger charge is -2.29. The Balaban J connectivity index is 1.57. The van der Waals surface area contributed by atoms with Crippen LogP contribution in [0.2, 0.25) is 0 Å². The number of carbonyl (C=O) groups excluding carboxylic acids is 2. The van der Waals surface area contributed by atoms with Crippen molar-refractivity contribution in [1.29, 1.82) is 0 Å². The van der Waals surface area contributed by atoms with Crippen molar-refractivity contribution in [2.75, 3.05) is 20.2 Å². The summed E-state index contributed by atoms with van der Waals surface area (Å²) >= 11 is 5.10. The maximum Gasteiger partial charge on any atom is 0.308 e. The van der Waals surface area contributed by atoms with E-state index in [-0.39, 0.29) is 17.8 Å². The Labute approximate surface area is 165 Å². The van der Waals surface area contributed by atoms with Crippen molar-refractivity contribution in [1.82, 2.24) is 4.90 Å². The zero-order chi connectivity index (χ0) is 18.5. The summed E-state index contributed by atoms with van der Waals surface area (Å²) in [6, 6.07) is 12.3. The zero-order valence-electron chi connectivity index (χ0n) is 14.5. The molecule has 2 aromatic rings. The fourth-order valence-corrected chi connectivity index (χ4v) is 4.15. The molecule has 0 radical (unpaired) electrons. The minimum atomic E-state index is -0.174. The van der Waals surface area contributed by atoms with Gasteiger partial charge in [0.15, 0.2) is 0 Å². The highest BCUT2D eigenvalue weighted by Crippen LogP contribution is 2.29. The lowest BCUT2D eigenvalue weighted by Crippen LogP contribution is -2.39. The van der Waals surface area contributed by atoms with Gasteiger partial charge in [0.05, 0.1) is 13.0 Å². The van der Waals surface area contributed by atoms with Crippen molar-refractivity contribution in [3.8, 4) is 10.4 Å². The molecular weight excluding hydrogens is 414 g/mol. The number of benzene rings is 1. The number of thiophene rings is 1. The average Bonchev–Trinajstić information content (AvgIpc) is 3.15. The van der Waals surface area contributed by atoms with E-state index in [1.54, 1.807) is 22.3 Å². The molecule has 1 aliphatic rings. The number of halogens is 1. The van der Waals surface area contributed by atoms with E-state index in [0.717, 1.165) is 14.9 Å². The third-order valence-corrected chi connectivity index (χ3v) is 6.12. The lowest BCUT2D eigenvalue weighted by molar-refractivity contribution is -0.148. The van der Waals surface area contributed by atoms with Crippen LogP contribution in [-0.2, 0) is 14.3 Å². The minimum absolute atomic E-state index is 0.00749. The third-order valence-electron chi connectivity index (χ3n) is 4.49. The normalized spacial score (nSPS) is 15.4. The van der Waals surface area contributed by atoms with E-state index in [4.69, 9.17) is 4.74 Å². The standard InChI is InChI=1S/C20H20BrNO3S/c1-25-20(24)15-10-12-22(13-11-15)19(23)9-7-17-6-8-18(26-17)14-2-4-16(21)5-3-14/h2-9,15H,10-13H2,1H3/b9-7+. The van der Waals surface area contributed by atoms with Crippen LogP contribution in [0.5, 0.6) is 0 Å². The van der Waals surface area contributed by atoms with E-state index >= 15 is 0 Å². The van der Waals surface area contributed by atoms with Crippen molar-refractivity contribution < 1.29 is 14.3 Å². The molecular formula is C20H20BrNO3S. The Hall–Kier alpha value is -1.92. The number of carbonyl (C=O) groups is 2. The Morgan fingerprint density at radius 2 is 1.85 bits per heavy atom. The molecule has 1 aliphatic heterocycles. The predicted molar refractivity (Wildman–Crippen MR) is 108 cm³/mol. The molecule has 1 amide bonds. The Kier molecular flexibility index (Phi) is 6.27. The van der Waals surface area contributed by atoms with E-state index in [1.165, 1.54) is 12.0 Å². The van der Waals surface area contributed by atoms with Gasteiger partial charge in [0.1, 0.15) is 0 Å². The number of hydrogen-bond donors (Lipinski definition) is 0. The second kappa shape index (κ2) is 8.64. The van der Waals surface area contributed by atoms with Crippen LogP contribution in [0.15, 0.2) is 46.9 Å². The monoisotopic (exact) mass is 433 g/mol. The highest BCUT2D eigenvalue weighted by molar-refractivity contribution is 9.10. The molecule has 4 nitrogen and oxygen atoms in total. The highest BCUT2D eigenvalue weighted by atomic mass is 79.9. The van der Waals surface area contributed by atoms with Gasteiger partial charge in [-0.3, -0.25) is 9.59 Å². The van der Waals surface area contributed by atoms with Gasteiger partial charge in [-0.05, 0) is 48.7 Å². The average molecular weight is 434 g/mol. The van der Waals surface area contributed by atoms with Gasteiger partial charge in [-0.15, -0.1) is 11.3 Å². The molecule has 0 spiro atoms. The van der Waals surface area contributed by atoms with Crippen molar-refractivity contribution >= 4 is 45.2 Å². The summed E-state index contributed by atoms with van der Waals surface area (Å²) in [6.07, 6.45) is 4.81. The molecule has 1 aromatic carbocycles. The Morgan fingerprint density at radius 1 is 1.15 bits per heavy atom. The van der Waals surface area contributed by atoms with E-state index in [2.05, 4.69) is 34.1 Å². The molecule has 1 fully saturated rings. The summed E-state index contributed by atoms with van der Waals surface area (Å²) in [6.45, 7) is 1.19. The number of likely N-dealkylation sites (tertiary alicyclic amines) is 1. The van der Waals surface area contributed by atoms with Crippen molar-refractivity contribution in [3.63, 3.8) is 0 Å². The van der Waals surface area contributed by atoms with Gasteiger partial charge in [-0.2, -0.15) is 0 Å². The van der Waals surface area contributed by atoms with Gasteiger partial charge in [0.2, 0.25) is 5.91 Å². The van der Waals surface area contributed by atoms with Gasteiger partial charge in [-0.1, -0.05) is 28.1 Å². The highest BCUT2D eigenvalue weighted by Gasteiger charge is 2.26. The predicted octanol–water partition coefficient (Wildman–Crippen LogP) is 4.60. The maximum absolute atomic E-state index is 12.4. The second-order valence-corrected chi connectivity index (χ2v) is 8.20. The van der Waals surface area contributed by atoms with E-state index in [1.807, 2.05) is 24.3 Å². The van der Waals surface area contributed by atoms with Crippen LogP contribution in [0.4, 0.5) is 0 Å². The summed E-state index contributed by atoms with van der Waals surface area (Å²) in [7, 11) is 1.41. The van der Waals surface area contributed by atoms with Crippen molar-refractivity contribution in [3.05, 3.63) is 51.8 Å². The molecule has 0 aliphatic carbocycles. The van der Waals surface area contributed by atoms with Gasteiger partial charge in [-0.25, -0.2) is 0 Å². The van der Waals surface area contributed by atoms with Gasteiger partial charge in [0, 0.05) is 33.4 Å². The quantitative estimate of drug-likeness (QED) is 0.522. The van der Waals surface area contributed by atoms with Gasteiger partial charge < -0.3 is 9.64 Å². The van der Waals surface area contributed by atoms with E-state index in [9.17, 15) is 9.59 Å². The summed E-state index contributed by atoms with van der Waals surface area (Å²) in [5.41, 5.74) is 1.16. The summed E-state index contributed by atoms with van der Waals surface area (Å²) in [5.74, 6) is -0.266. The maximum atomic E-state index is 12.4. The van der Waals surface area contributed by atoms with Crippen molar-refractivity contribution in [2.24, 2.45) is 5.92 Å². The van der Waals surface area contributed by atoms with Crippen LogP contribution >= 0.6 is 27.3 Å². The number of piperidine rings is 1. The molecule has 3 rings (SSSR count). The Morgan fingerprint density at radius 3 is 2.50 bits per heavy atom. The molecule has 6 heteroatoms. The minimum Gasteiger partial charge on any atom is -0.469 e. The first-order valence-corrected chi connectivity index (χ1v) is 10.1. The van der Waals surface area contributed by atoms with Crippen LogP contribution in [0.25, 0.3) is 16.5 Å². The van der Waals surface area contributed by atoms with Crippen LogP contribution in [0.3, 0.4) is 0 Å². The summed E-state index contributed by atoms with van der Waals surface area (Å²) in [4.78, 5) is 27.9. The smallest absolute Gasteiger partial charge is 0.308 e.